The van der Waals surface area contributed by atoms with Crippen molar-refractivity contribution in [1.29, 1.82) is 0 Å². The van der Waals surface area contributed by atoms with E-state index in [2.05, 4.69) is 0 Å². The Morgan fingerprint density at radius 2 is 1.64 bits per heavy atom. The first-order valence-electron chi connectivity index (χ1n) is 8.98. The molecule has 1 fully saturated rings. The number of piperidine rings is 1. The van der Waals surface area contributed by atoms with Crippen molar-refractivity contribution in [2.24, 2.45) is 5.92 Å². The highest BCUT2D eigenvalue weighted by Crippen LogP contribution is 2.37. The highest BCUT2D eigenvalue weighted by molar-refractivity contribution is 7.90. The van der Waals surface area contributed by atoms with Gasteiger partial charge in [-0.05, 0) is 69.0 Å². The summed E-state index contributed by atoms with van der Waals surface area (Å²) in [6.45, 7) is -0.408. The molecule has 0 unspecified atom stereocenters. The van der Waals surface area contributed by atoms with Gasteiger partial charge in [0.2, 0.25) is 0 Å². The van der Waals surface area contributed by atoms with Gasteiger partial charge in [-0.25, -0.2) is 8.42 Å². The maximum absolute atomic E-state index is 13.1. The molecule has 0 N–H and O–H groups in total. The monoisotopic (exact) mass is 429 g/mol. The molecule has 0 radical (unpaired) electrons. The van der Waals surface area contributed by atoms with E-state index in [9.17, 15) is 30.4 Å². The molecule has 0 amide bonds. The Hall–Kier alpha value is -1.42. The lowest BCUT2D eigenvalue weighted by molar-refractivity contribution is -0.287. The summed E-state index contributed by atoms with van der Waals surface area (Å²) in [6, 6.07) is 6.10. The van der Waals surface area contributed by atoms with Crippen LogP contribution in [0.1, 0.15) is 25.7 Å². The second kappa shape index (κ2) is 8.94. The van der Waals surface area contributed by atoms with Crippen LogP contribution >= 0.6 is 0 Å². The van der Waals surface area contributed by atoms with Crippen molar-refractivity contribution in [2.75, 3.05) is 32.5 Å². The van der Waals surface area contributed by atoms with Crippen molar-refractivity contribution in [1.82, 2.24) is 4.90 Å². The van der Waals surface area contributed by atoms with Gasteiger partial charge in [-0.15, -0.1) is 0 Å². The predicted molar refractivity (Wildman–Crippen MR) is 94.4 cm³/mol. The molecule has 4 nitrogen and oxygen atoms in total. The van der Waals surface area contributed by atoms with E-state index in [-0.39, 0.29) is 23.9 Å². The zero-order chi connectivity index (χ0) is 21.0. The van der Waals surface area contributed by atoms with Crippen molar-refractivity contribution >= 4 is 9.84 Å². The Morgan fingerprint density at radius 1 is 1.07 bits per heavy atom. The van der Waals surface area contributed by atoms with E-state index in [4.69, 9.17) is 4.74 Å². The first-order valence-corrected chi connectivity index (χ1v) is 10.9. The fourth-order valence-corrected chi connectivity index (χ4v) is 3.78. The summed E-state index contributed by atoms with van der Waals surface area (Å²) in [4.78, 5) is 1.38. The maximum atomic E-state index is 13.1. The molecular formula is C18H24F5NO3S. The molecule has 0 aromatic heterocycles. The van der Waals surface area contributed by atoms with Crippen molar-refractivity contribution < 1.29 is 35.1 Å². The Morgan fingerprint density at radius 3 is 2.14 bits per heavy atom. The maximum Gasteiger partial charge on any atom is 0.454 e. The number of sulfone groups is 1. The first kappa shape index (κ1) is 22.9. The Balaban J connectivity index is 1.66. The third-order valence-corrected chi connectivity index (χ3v) is 5.95. The first-order chi connectivity index (χ1) is 12.9. The van der Waals surface area contributed by atoms with Gasteiger partial charge in [0.15, 0.2) is 9.84 Å². The summed E-state index contributed by atoms with van der Waals surface area (Å²) in [5.41, 5.74) is 0. The molecule has 160 valence electrons. The minimum Gasteiger partial charge on any atom is -0.494 e. The molecule has 1 heterocycles. The van der Waals surface area contributed by atoms with Crippen LogP contribution < -0.4 is 4.74 Å². The molecule has 0 saturated carbocycles. The fraction of sp³-hybridized carbons (Fsp3) is 0.667. The van der Waals surface area contributed by atoms with Crippen LogP contribution in [0, 0.1) is 5.92 Å². The van der Waals surface area contributed by atoms with E-state index < -0.39 is 28.5 Å². The van der Waals surface area contributed by atoms with Crippen LogP contribution in [0.2, 0.25) is 0 Å². The van der Waals surface area contributed by atoms with E-state index >= 15 is 0 Å². The lowest BCUT2D eigenvalue weighted by Crippen LogP contribution is -2.49. The number of ether oxygens (including phenoxy) is 1. The molecule has 1 saturated heterocycles. The van der Waals surface area contributed by atoms with Gasteiger partial charge in [-0.1, -0.05) is 0 Å². The highest BCUT2D eigenvalue weighted by Gasteiger charge is 2.58. The quantitative estimate of drug-likeness (QED) is 0.460. The molecule has 0 aliphatic carbocycles. The van der Waals surface area contributed by atoms with Crippen LogP contribution in [0.4, 0.5) is 22.0 Å². The fourth-order valence-electron chi connectivity index (χ4n) is 3.15. The number of alkyl halides is 5. The van der Waals surface area contributed by atoms with Gasteiger partial charge in [0.25, 0.3) is 0 Å². The van der Waals surface area contributed by atoms with E-state index in [0.717, 1.165) is 19.1 Å². The lowest BCUT2D eigenvalue weighted by atomic mass is 9.92. The van der Waals surface area contributed by atoms with Gasteiger partial charge in [0.1, 0.15) is 5.75 Å². The average Bonchev–Trinajstić information content (AvgIpc) is 2.58. The number of likely N-dealkylation sites (tertiary alicyclic amines) is 1. The standard InChI is InChI=1S/C18H24F5NO3S/c1-28(25,26)16-6-4-15(5-7-16)27-12-2-3-14-8-10-24(11-9-14)13-17(19,20)18(21,22)23/h4-7,14H,2-3,8-13H2,1H3. The largest absolute Gasteiger partial charge is 0.494 e. The van der Waals surface area contributed by atoms with Gasteiger partial charge in [-0.2, -0.15) is 22.0 Å². The normalized spacial score (nSPS) is 17.6. The zero-order valence-electron chi connectivity index (χ0n) is 15.5. The minimum atomic E-state index is -5.51. The SMILES string of the molecule is CS(=O)(=O)c1ccc(OCCCC2CCN(CC(F)(F)C(F)(F)F)CC2)cc1. The number of nitrogens with zero attached hydrogens (tertiary/aromatic N) is 1. The van der Waals surface area contributed by atoms with Crippen LogP contribution in [-0.4, -0.2) is 57.9 Å². The third kappa shape index (κ3) is 6.58. The lowest BCUT2D eigenvalue weighted by Gasteiger charge is -2.34. The second-order valence-corrected chi connectivity index (χ2v) is 9.17. The summed E-state index contributed by atoms with van der Waals surface area (Å²) >= 11 is 0. The summed E-state index contributed by atoms with van der Waals surface area (Å²) in [5.74, 6) is -3.86. The van der Waals surface area contributed by atoms with Gasteiger partial charge < -0.3 is 4.74 Å². The molecule has 1 aliphatic heterocycles. The van der Waals surface area contributed by atoms with E-state index in [1.807, 2.05) is 0 Å². The van der Waals surface area contributed by atoms with Crippen molar-refractivity contribution in [3.05, 3.63) is 24.3 Å². The van der Waals surface area contributed by atoms with Crippen LogP contribution in [0.5, 0.6) is 5.75 Å². The van der Waals surface area contributed by atoms with E-state index in [0.29, 0.717) is 25.2 Å². The summed E-state index contributed by atoms with van der Waals surface area (Å²) in [5, 5.41) is 0. The van der Waals surface area contributed by atoms with Crippen molar-refractivity contribution in [3.8, 4) is 5.75 Å². The number of rotatable bonds is 8. The highest BCUT2D eigenvalue weighted by atomic mass is 32.2. The molecular weight excluding hydrogens is 405 g/mol. The summed E-state index contributed by atoms with van der Waals surface area (Å²) in [7, 11) is -3.25. The molecule has 0 bridgehead atoms. The Kier molecular flexibility index (Phi) is 7.30. The number of benzene rings is 1. The molecule has 28 heavy (non-hydrogen) atoms. The third-order valence-electron chi connectivity index (χ3n) is 4.82. The molecule has 10 heteroatoms. The number of hydrogen-bond acceptors (Lipinski definition) is 4. The minimum absolute atomic E-state index is 0.211. The molecule has 1 aliphatic rings. The number of halogens is 5. The molecule has 0 spiro atoms. The summed E-state index contributed by atoms with van der Waals surface area (Å²) in [6.07, 6.45) is -1.71. The Bertz CT molecular complexity index is 727. The average molecular weight is 429 g/mol. The van der Waals surface area contributed by atoms with Crippen LogP contribution in [0.15, 0.2) is 29.2 Å². The smallest absolute Gasteiger partial charge is 0.454 e. The molecule has 2 rings (SSSR count). The van der Waals surface area contributed by atoms with Gasteiger partial charge in [0.05, 0.1) is 18.0 Å². The van der Waals surface area contributed by atoms with Crippen LogP contribution in [0.3, 0.4) is 0 Å². The molecule has 1 aromatic rings. The van der Waals surface area contributed by atoms with E-state index in [1.165, 1.54) is 17.0 Å². The van der Waals surface area contributed by atoms with Crippen LogP contribution in [-0.2, 0) is 9.84 Å². The zero-order valence-corrected chi connectivity index (χ0v) is 16.3. The van der Waals surface area contributed by atoms with Crippen molar-refractivity contribution in [3.63, 3.8) is 0 Å². The molecule has 0 atom stereocenters. The predicted octanol–water partition coefficient (Wildman–Crippen LogP) is 4.16. The number of hydrogen-bond donors (Lipinski definition) is 0. The van der Waals surface area contributed by atoms with E-state index in [1.54, 1.807) is 12.1 Å². The van der Waals surface area contributed by atoms with Gasteiger partial charge in [-0.3, -0.25) is 4.90 Å². The summed E-state index contributed by atoms with van der Waals surface area (Å²) < 4.78 is 91.3. The van der Waals surface area contributed by atoms with Crippen LogP contribution in [0.25, 0.3) is 0 Å². The molecule has 1 aromatic carbocycles. The van der Waals surface area contributed by atoms with Gasteiger partial charge >= 0.3 is 12.1 Å². The van der Waals surface area contributed by atoms with Crippen molar-refractivity contribution in [2.45, 2.75) is 42.7 Å². The Labute approximate surface area is 161 Å². The second-order valence-electron chi connectivity index (χ2n) is 7.16. The topological polar surface area (TPSA) is 46.6 Å². The van der Waals surface area contributed by atoms with Gasteiger partial charge in [0, 0.05) is 6.26 Å².